The molecule has 0 fully saturated rings. The summed E-state index contributed by atoms with van der Waals surface area (Å²) in [5, 5.41) is 9.25. The van der Waals surface area contributed by atoms with Crippen LogP contribution in [0.2, 0.25) is 0 Å². The Balaban J connectivity index is 1.20. The Morgan fingerprint density at radius 1 is 1.03 bits per heavy atom. The molecule has 7 nitrogen and oxygen atoms in total. The smallest absolute Gasteiger partial charge is 0.230 e. The van der Waals surface area contributed by atoms with Crippen molar-refractivity contribution in [2.24, 2.45) is 4.99 Å². The summed E-state index contributed by atoms with van der Waals surface area (Å²) < 4.78 is 0. The third-order valence-corrected chi connectivity index (χ3v) is 5.92. The van der Waals surface area contributed by atoms with Crippen molar-refractivity contribution >= 4 is 40.0 Å². The predicted molar refractivity (Wildman–Crippen MR) is 125 cm³/mol. The maximum absolute atomic E-state index is 12.4. The van der Waals surface area contributed by atoms with Crippen LogP contribution in [0.15, 0.2) is 83.1 Å². The van der Waals surface area contributed by atoms with Crippen LogP contribution in [0.4, 0.5) is 17.2 Å². The van der Waals surface area contributed by atoms with Gasteiger partial charge in [-0.3, -0.25) is 9.79 Å². The van der Waals surface area contributed by atoms with Gasteiger partial charge in [0.15, 0.2) is 5.17 Å². The van der Waals surface area contributed by atoms with Crippen molar-refractivity contribution in [1.29, 1.82) is 0 Å². The van der Waals surface area contributed by atoms with Crippen LogP contribution >= 0.6 is 11.8 Å². The summed E-state index contributed by atoms with van der Waals surface area (Å²) >= 11 is 1.59. The molecule has 3 heterocycles. The number of nitrogens with zero attached hydrogens (tertiary/aromatic N) is 4. The summed E-state index contributed by atoms with van der Waals surface area (Å²) in [6.45, 7) is 1.66. The number of carbonyl (C=O) groups is 1. The van der Waals surface area contributed by atoms with Gasteiger partial charge >= 0.3 is 0 Å². The van der Waals surface area contributed by atoms with Crippen LogP contribution in [0.1, 0.15) is 6.42 Å². The van der Waals surface area contributed by atoms with Gasteiger partial charge in [0.2, 0.25) is 5.91 Å². The SMILES string of the molecule is O=C(CC1=CSC2=NCCN12)Nc1ccc(Nc2cc(-c3ccccc3)ncn2)cc1. The van der Waals surface area contributed by atoms with Gasteiger partial charge in [0.05, 0.1) is 18.7 Å². The first-order chi connectivity index (χ1) is 15.2. The number of hydrogen-bond acceptors (Lipinski definition) is 7. The molecular formula is C23H20N6OS. The molecule has 0 radical (unpaired) electrons. The zero-order chi connectivity index (χ0) is 21.0. The highest BCUT2D eigenvalue weighted by Gasteiger charge is 2.27. The molecule has 3 aromatic rings. The molecule has 5 rings (SSSR count). The van der Waals surface area contributed by atoms with Crippen molar-refractivity contribution in [3.05, 3.63) is 78.1 Å². The molecule has 2 aliphatic rings. The van der Waals surface area contributed by atoms with Crippen molar-refractivity contribution < 1.29 is 4.79 Å². The van der Waals surface area contributed by atoms with Crippen molar-refractivity contribution in [3.63, 3.8) is 0 Å². The van der Waals surface area contributed by atoms with E-state index in [4.69, 9.17) is 0 Å². The lowest BCUT2D eigenvalue weighted by Gasteiger charge is -2.16. The number of aromatic nitrogens is 2. The molecule has 0 aliphatic carbocycles. The molecule has 0 atom stereocenters. The highest BCUT2D eigenvalue weighted by atomic mass is 32.2. The third kappa shape index (κ3) is 4.44. The number of amidine groups is 1. The van der Waals surface area contributed by atoms with Crippen molar-refractivity contribution in [1.82, 2.24) is 14.9 Å². The summed E-state index contributed by atoms with van der Waals surface area (Å²) in [5.41, 5.74) is 4.53. The summed E-state index contributed by atoms with van der Waals surface area (Å²) in [5.74, 6) is 0.670. The lowest BCUT2D eigenvalue weighted by Crippen LogP contribution is -2.24. The van der Waals surface area contributed by atoms with Crippen LogP contribution in [0, 0.1) is 0 Å². The highest BCUT2D eigenvalue weighted by molar-refractivity contribution is 8.16. The van der Waals surface area contributed by atoms with Crippen LogP contribution in [-0.2, 0) is 4.79 Å². The van der Waals surface area contributed by atoms with E-state index in [0.29, 0.717) is 12.2 Å². The molecule has 31 heavy (non-hydrogen) atoms. The Morgan fingerprint density at radius 3 is 2.68 bits per heavy atom. The van der Waals surface area contributed by atoms with Crippen molar-refractivity contribution in [2.45, 2.75) is 6.42 Å². The second-order valence-electron chi connectivity index (χ2n) is 7.12. The first-order valence-corrected chi connectivity index (χ1v) is 10.8. The molecule has 1 aromatic heterocycles. The lowest BCUT2D eigenvalue weighted by molar-refractivity contribution is -0.115. The average Bonchev–Trinajstić information content (AvgIpc) is 3.41. The first-order valence-electron chi connectivity index (χ1n) is 9.97. The first kappa shape index (κ1) is 19.3. The highest BCUT2D eigenvalue weighted by Crippen LogP contribution is 2.31. The van der Waals surface area contributed by atoms with Gasteiger partial charge < -0.3 is 15.5 Å². The Hall–Kier alpha value is -3.65. The van der Waals surface area contributed by atoms with E-state index >= 15 is 0 Å². The standard InChI is InChI=1S/C23H20N6OS/c30-22(12-19-14-31-23-24-10-11-29(19)23)28-18-8-6-17(7-9-18)27-21-13-20(25-15-26-21)16-4-2-1-3-5-16/h1-9,13-15H,10-12H2,(H,28,30)(H,25,26,27). The van der Waals surface area contributed by atoms with Crippen LogP contribution < -0.4 is 10.6 Å². The average molecular weight is 429 g/mol. The topological polar surface area (TPSA) is 82.5 Å². The number of anilines is 3. The fraction of sp³-hybridized carbons (Fsp3) is 0.130. The fourth-order valence-corrected chi connectivity index (χ4v) is 4.42. The summed E-state index contributed by atoms with van der Waals surface area (Å²) in [4.78, 5) is 27.6. The van der Waals surface area contributed by atoms with E-state index in [2.05, 4.69) is 30.5 Å². The number of carbonyl (C=O) groups excluding carboxylic acids is 1. The van der Waals surface area contributed by atoms with Gasteiger partial charge in [-0.2, -0.15) is 0 Å². The van der Waals surface area contributed by atoms with Gasteiger partial charge in [-0.05, 0) is 29.7 Å². The summed E-state index contributed by atoms with van der Waals surface area (Å²) in [7, 11) is 0. The fourth-order valence-electron chi connectivity index (χ4n) is 3.46. The zero-order valence-electron chi connectivity index (χ0n) is 16.7. The van der Waals surface area contributed by atoms with E-state index in [-0.39, 0.29) is 5.91 Å². The quantitative estimate of drug-likeness (QED) is 0.603. The van der Waals surface area contributed by atoms with E-state index in [1.54, 1.807) is 18.1 Å². The van der Waals surface area contributed by atoms with Crippen LogP contribution in [0.3, 0.4) is 0 Å². The van der Waals surface area contributed by atoms with Crippen molar-refractivity contribution in [3.8, 4) is 11.3 Å². The minimum atomic E-state index is -0.0380. The molecule has 154 valence electrons. The molecule has 8 heteroatoms. The monoisotopic (exact) mass is 428 g/mol. The van der Waals surface area contributed by atoms with E-state index in [1.165, 1.54) is 0 Å². The van der Waals surface area contributed by atoms with Gasteiger partial charge in [-0.15, -0.1) is 0 Å². The number of amides is 1. The molecule has 0 saturated carbocycles. The lowest BCUT2D eigenvalue weighted by atomic mass is 10.1. The van der Waals surface area contributed by atoms with E-state index in [1.807, 2.05) is 66.1 Å². The van der Waals surface area contributed by atoms with Gasteiger partial charge in [0.1, 0.15) is 12.1 Å². The van der Waals surface area contributed by atoms with E-state index < -0.39 is 0 Å². The number of fused-ring (bicyclic) bond motifs is 1. The van der Waals surface area contributed by atoms with Crippen LogP contribution in [-0.4, -0.2) is 39.0 Å². The molecule has 0 saturated heterocycles. The molecule has 0 spiro atoms. The minimum absolute atomic E-state index is 0.0380. The zero-order valence-corrected chi connectivity index (χ0v) is 17.5. The normalized spacial score (nSPS) is 14.6. The van der Waals surface area contributed by atoms with E-state index in [9.17, 15) is 4.79 Å². The molecular weight excluding hydrogens is 408 g/mol. The van der Waals surface area contributed by atoms with Gasteiger partial charge in [0, 0.05) is 35.2 Å². The molecule has 0 unspecified atom stereocenters. The van der Waals surface area contributed by atoms with Gasteiger partial charge in [-0.1, -0.05) is 42.1 Å². The largest absolute Gasteiger partial charge is 0.340 e. The van der Waals surface area contributed by atoms with Crippen LogP contribution in [0.5, 0.6) is 0 Å². The number of aliphatic imine (C=N–C) groups is 1. The third-order valence-electron chi connectivity index (χ3n) is 4.97. The second-order valence-corrected chi connectivity index (χ2v) is 7.96. The Kier molecular flexibility index (Phi) is 5.37. The number of thioether (sulfide) groups is 1. The van der Waals surface area contributed by atoms with Gasteiger partial charge in [0.25, 0.3) is 0 Å². The summed E-state index contributed by atoms with van der Waals surface area (Å²) in [6, 6.07) is 19.5. The molecule has 1 amide bonds. The molecule has 2 aliphatic heterocycles. The van der Waals surface area contributed by atoms with Crippen molar-refractivity contribution in [2.75, 3.05) is 23.7 Å². The maximum Gasteiger partial charge on any atom is 0.230 e. The Labute approximate surface area is 184 Å². The summed E-state index contributed by atoms with van der Waals surface area (Å²) in [6.07, 6.45) is 1.89. The maximum atomic E-state index is 12.4. The number of nitrogens with one attached hydrogen (secondary N) is 2. The predicted octanol–water partition coefficient (Wildman–Crippen LogP) is 4.48. The molecule has 0 bridgehead atoms. The second kappa shape index (κ2) is 8.61. The molecule has 2 aromatic carbocycles. The Bertz CT molecular complexity index is 1160. The van der Waals surface area contributed by atoms with E-state index in [0.717, 1.165) is 46.6 Å². The molecule has 2 N–H and O–H groups in total. The Morgan fingerprint density at radius 2 is 1.84 bits per heavy atom. The van der Waals surface area contributed by atoms with Gasteiger partial charge in [-0.25, -0.2) is 9.97 Å². The number of benzene rings is 2. The van der Waals surface area contributed by atoms with Crippen LogP contribution in [0.25, 0.3) is 11.3 Å². The number of rotatable bonds is 6. The minimum Gasteiger partial charge on any atom is -0.340 e. The number of hydrogen-bond donors (Lipinski definition) is 2.